The van der Waals surface area contributed by atoms with Gasteiger partial charge in [0, 0.05) is 18.2 Å². The van der Waals surface area contributed by atoms with Gasteiger partial charge in [-0.15, -0.1) is 0 Å². The standard InChI is InChI=1S/C17H19N3O5/c21-17(13-6-14(19(22)23)8-15(7-13)20(24)25)18-16-11-2-9-1-10(4-11)5-12(16)3-9/h6-12,16H,1-5H2,(H,18,21). The number of benzene rings is 1. The van der Waals surface area contributed by atoms with Gasteiger partial charge in [-0.1, -0.05) is 0 Å². The Morgan fingerprint density at radius 3 is 1.80 bits per heavy atom. The van der Waals surface area contributed by atoms with E-state index in [0.717, 1.165) is 55.7 Å². The molecule has 5 rings (SSSR count). The monoisotopic (exact) mass is 345 g/mol. The fourth-order valence-electron chi connectivity index (χ4n) is 5.33. The van der Waals surface area contributed by atoms with E-state index in [9.17, 15) is 25.0 Å². The normalized spacial score (nSPS) is 32.4. The predicted molar refractivity (Wildman–Crippen MR) is 88.1 cm³/mol. The third kappa shape index (κ3) is 2.85. The van der Waals surface area contributed by atoms with Crippen molar-refractivity contribution in [3.63, 3.8) is 0 Å². The van der Waals surface area contributed by atoms with Crippen molar-refractivity contribution in [2.24, 2.45) is 23.7 Å². The zero-order valence-corrected chi connectivity index (χ0v) is 13.6. The molecule has 0 spiro atoms. The third-order valence-corrected chi connectivity index (χ3v) is 6.11. The van der Waals surface area contributed by atoms with Crippen molar-refractivity contribution in [2.45, 2.75) is 38.1 Å². The molecule has 1 aromatic rings. The van der Waals surface area contributed by atoms with Gasteiger partial charge in [0.2, 0.25) is 0 Å². The first-order valence-corrected chi connectivity index (χ1v) is 8.65. The van der Waals surface area contributed by atoms with E-state index in [1.807, 2.05) is 0 Å². The first kappa shape index (κ1) is 16.0. The topological polar surface area (TPSA) is 115 Å². The highest BCUT2D eigenvalue weighted by Crippen LogP contribution is 2.53. The van der Waals surface area contributed by atoms with Crippen LogP contribution < -0.4 is 5.32 Å². The number of nitrogens with one attached hydrogen (secondary N) is 1. The summed E-state index contributed by atoms with van der Waals surface area (Å²) in [5.41, 5.74) is -0.899. The Labute approximate surface area is 143 Å². The van der Waals surface area contributed by atoms with Gasteiger partial charge in [0.15, 0.2) is 0 Å². The summed E-state index contributed by atoms with van der Waals surface area (Å²) in [7, 11) is 0. The van der Waals surface area contributed by atoms with Crippen molar-refractivity contribution in [1.82, 2.24) is 5.32 Å². The molecule has 0 unspecified atom stereocenters. The molecule has 4 aliphatic carbocycles. The second-order valence-corrected chi connectivity index (χ2v) is 7.68. The predicted octanol–water partition coefficient (Wildman–Crippen LogP) is 3.06. The summed E-state index contributed by atoms with van der Waals surface area (Å²) in [6.45, 7) is 0. The van der Waals surface area contributed by atoms with Crippen LogP contribution in [0.4, 0.5) is 11.4 Å². The third-order valence-electron chi connectivity index (χ3n) is 6.11. The van der Waals surface area contributed by atoms with Crippen LogP contribution in [0.3, 0.4) is 0 Å². The average Bonchev–Trinajstić information content (AvgIpc) is 2.56. The Balaban J connectivity index is 1.57. The minimum absolute atomic E-state index is 0.0188. The molecule has 0 aromatic heterocycles. The number of non-ortho nitro benzene ring substituents is 2. The van der Waals surface area contributed by atoms with E-state index >= 15 is 0 Å². The minimum atomic E-state index is -0.716. The van der Waals surface area contributed by atoms with Gasteiger partial charge in [-0.2, -0.15) is 0 Å². The maximum absolute atomic E-state index is 12.6. The maximum atomic E-state index is 12.6. The highest BCUT2D eigenvalue weighted by Gasteiger charge is 2.48. The number of hydrogen-bond acceptors (Lipinski definition) is 5. The summed E-state index contributed by atoms with van der Waals surface area (Å²) >= 11 is 0. The van der Waals surface area contributed by atoms with Gasteiger partial charge < -0.3 is 5.32 Å². The molecule has 1 amide bonds. The number of nitro benzene ring substituents is 2. The average molecular weight is 345 g/mol. The molecule has 8 nitrogen and oxygen atoms in total. The summed E-state index contributed by atoms with van der Waals surface area (Å²) in [6, 6.07) is 3.18. The van der Waals surface area contributed by atoms with E-state index in [0.29, 0.717) is 11.8 Å². The molecule has 0 heterocycles. The zero-order valence-electron chi connectivity index (χ0n) is 13.6. The molecule has 4 saturated carbocycles. The Hall–Kier alpha value is -2.51. The molecule has 1 aromatic carbocycles. The van der Waals surface area contributed by atoms with Crippen LogP contribution in [0.5, 0.6) is 0 Å². The second kappa shape index (κ2) is 5.79. The SMILES string of the molecule is O=C(NC1C2CC3CC(C2)CC1C3)c1cc([N+](=O)[O-])cc([N+](=O)[O-])c1. The number of nitrogens with zero attached hydrogens (tertiary/aromatic N) is 2. The van der Waals surface area contributed by atoms with Gasteiger partial charge in [0.25, 0.3) is 17.3 Å². The van der Waals surface area contributed by atoms with Crippen molar-refractivity contribution in [1.29, 1.82) is 0 Å². The van der Waals surface area contributed by atoms with Crippen molar-refractivity contribution in [2.75, 3.05) is 0 Å². The quantitative estimate of drug-likeness (QED) is 0.665. The largest absolute Gasteiger partial charge is 0.349 e. The van der Waals surface area contributed by atoms with Crippen molar-refractivity contribution < 1.29 is 14.6 Å². The highest BCUT2D eigenvalue weighted by molar-refractivity contribution is 5.95. The van der Waals surface area contributed by atoms with Gasteiger partial charge in [-0.25, -0.2) is 0 Å². The molecule has 0 radical (unpaired) electrons. The van der Waals surface area contributed by atoms with Crippen molar-refractivity contribution >= 4 is 17.3 Å². The number of rotatable bonds is 4. The molecule has 4 fully saturated rings. The summed E-state index contributed by atoms with van der Waals surface area (Å²) in [5, 5.41) is 25.0. The van der Waals surface area contributed by atoms with Gasteiger partial charge in [-0.3, -0.25) is 25.0 Å². The molecule has 4 bridgehead atoms. The molecular weight excluding hydrogens is 326 g/mol. The molecule has 8 heteroatoms. The van der Waals surface area contributed by atoms with Crippen molar-refractivity contribution in [3.8, 4) is 0 Å². The van der Waals surface area contributed by atoms with Gasteiger partial charge >= 0.3 is 0 Å². The smallest absolute Gasteiger partial charge is 0.277 e. The van der Waals surface area contributed by atoms with Crippen LogP contribution in [-0.2, 0) is 0 Å². The summed E-state index contributed by atoms with van der Waals surface area (Å²) < 4.78 is 0. The second-order valence-electron chi connectivity index (χ2n) is 7.68. The fraction of sp³-hybridized carbons (Fsp3) is 0.588. The van der Waals surface area contributed by atoms with Crippen molar-refractivity contribution in [3.05, 3.63) is 44.0 Å². The first-order valence-electron chi connectivity index (χ1n) is 8.65. The molecule has 0 atom stereocenters. The Morgan fingerprint density at radius 2 is 1.36 bits per heavy atom. The number of amides is 1. The molecule has 132 valence electrons. The van der Waals surface area contributed by atoms with Crippen LogP contribution in [-0.4, -0.2) is 21.8 Å². The Bertz CT molecular complexity index is 702. The number of carbonyl (C=O) groups excluding carboxylic acids is 1. The van der Waals surface area contributed by atoms with E-state index in [1.165, 1.54) is 6.42 Å². The van der Waals surface area contributed by atoms with Crippen LogP contribution in [0.15, 0.2) is 18.2 Å². The summed E-state index contributed by atoms with van der Waals surface area (Å²) in [4.78, 5) is 33.2. The molecule has 4 aliphatic rings. The minimum Gasteiger partial charge on any atom is -0.349 e. The molecular formula is C17H19N3O5. The van der Waals surface area contributed by atoms with E-state index in [2.05, 4.69) is 5.32 Å². The zero-order chi connectivity index (χ0) is 17.7. The number of carbonyl (C=O) groups is 1. The van der Waals surface area contributed by atoms with E-state index < -0.39 is 27.1 Å². The lowest BCUT2D eigenvalue weighted by Gasteiger charge is -2.54. The van der Waals surface area contributed by atoms with Crippen LogP contribution in [0.2, 0.25) is 0 Å². The first-order chi connectivity index (χ1) is 11.9. The van der Waals surface area contributed by atoms with Gasteiger partial charge in [-0.05, 0) is 55.8 Å². The lowest BCUT2D eigenvalue weighted by atomic mass is 9.54. The lowest BCUT2D eigenvalue weighted by Crippen LogP contribution is -2.55. The summed E-state index contributed by atoms with van der Waals surface area (Å²) in [6.07, 6.45) is 5.84. The lowest BCUT2D eigenvalue weighted by molar-refractivity contribution is -0.394. The molecule has 0 aliphatic heterocycles. The van der Waals surface area contributed by atoms with Crippen LogP contribution >= 0.6 is 0 Å². The van der Waals surface area contributed by atoms with Crippen LogP contribution in [0.1, 0.15) is 42.5 Å². The van der Waals surface area contributed by atoms with E-state index in [-0.39, 0.29) is 11.6 Å². The van der Waals surface area contributed by atoms with E-state index in [4.69, 9.17) is 0 Å². The highest BCUT2D eigenvalue weighted by atomic mass is 16.6. The van der Waals surface area contributed by atoms with Crippen LogP contribution in [0, 0.1) is 43.9 Å². The number of hydrogen-bond donors (Lipinski definition) is 1. The van der Waals surface area contributed by atoms with Gasteiger partial charge in [0.05, 0.1) is 21.5 Å². The maximum Gasteiger partial charge on any atom is 0.277 e. The van der Waals surface area contributed by atoms with E-state index in [1.54, 1.807) is 0 Å². The number of nitro groups is 2. The summed E-state index contributed by atoms with van der Waals surface area (Å²) in [5.74, 6) is 2.02. The Morgan fingerprint density at radius 1 is 0.880 bits per heavy atom. The molecule has 1 N–H and O–H groups in total. The Kier molecular flexibility index (Phi) is 3.70. The fourth-order valence-corrected chi connectivity index (χ4v) is 5.33. The van der Waals surface area contributed by atoms with Crippen LogP contribution in [0.25, 0.3) is 0 Å². The molecule has 25 heavy (non-hydrogen) atoms. The van der Waals surface area contributed by atoms with Gasteiger partial charge in [0.1, 0.15) is 0 Å². The molecule has 0 saturated heterocycles.